The van der Waals surface area contributed by atoms with Gasteiger partial charge in [0.15, 0.2) is 0 Å². The maximum absolute atomic E-state index is 11.5. The molecular formula is C11H21N3O5S. The summed E-state index contributed by atoms with van der Waals surface area (Å²) in [4.78, 5) is 33.6. The third-order valence-electron chi connectivity index (χ3n) is 2.43. The molecule has 8 nitrogen and oxygen atoms in total. The first-order chi connectivity index (χ1) is 9.20. The van der Waals surface area contributed by atoms with Crippen molar-refractivity contribution in [2.24, 2.45) is 5.73 Å². The van der Waals surface area contributed by atoms with Crippen LogP contribution in [0.2, 0.25) is 0 Å². The molecule has 0 aromatic heterocycles. The van der Waals surface area contributed by atoms with Crippen molar-refractivity contribution in [3.63, 3.8) is 0 Å². The Morgan fingerprint density at radius 3 is 2.50 bits per heavy atom. The van der Waals surface area contributed by atoms with Crippen LogP contribution in [0, 0.1) is 0 Å². The standard InChI is InChI=1S/C11H21N3O5S/c1-11(2,8(12)9(16)17)20-6-7(15)14-10(18)13-4-5-19-3/h8H,4-6,12H2,1-3H3,(H,16,17)(H2,13,14,15,18)/t8-/m0/s1. The molecule has 116 valence electrons. The molecule has 0 aliphatic heterocycles. The van der Waals surface area contributed by atoms with E-state index in [2.05, 4.69) is 10.6 Å². The lowest BCUT2D eigenvalue weighted by atomic mass is 10.1. The lowest BCUT2D eigenvalue weighted by Gasteiger charge is -2.27. The number of aliphatic carboxylic acids is 1. The van der Waals surface area contributed by atoms with Gasteiger partial charge in [-0.2, -0.15) is 0 Å². The molecule has 0 saturated carbocycles. The van der Waals surface area contributed by atoms with Gasteiger partial charge in [-0.1, -0.05) is 0 Å². The molecule has 0 spiro atoms. The van der Waals surface area contributed by atoms with Crippen molar-refractivity contribution in [1.29, 1.82) is 0 Å². The minimum Gasteiger partial charge on any atom is -0.480 e. The number of carboxylic acids is 1. The van der Waals surface area contributed by atoms with Crippen molar-refractivity contribution >= 4 is 29.7 Å². The molecule has 0 aromatic carbocycles. The molecule has 0 saturated heterocycles. The van der Waals surface area contributed by atoms with Crippen LogP contribution < -0.4 is 16.4 Å². The molecule has 0 radical (unpaired) electrons. The van der Waals surface area contributed by atoms with Crippen LogP contribution in [-0.2, 0) is 14.3 Å². The summed E-state index contributed by atoms with van der Waals surface area (Å²) in [5.41, 5.74) is 5.52. The lowest BCUT2D eigenvalue weighted by molar-refractivity contribution is -0.139. The molecule has 0 aliphatic rings. The topological polar surface area (TPSA) is 131 Å². The fourth-order valence-corrected chi connectivity index (χ4v) is 1.97. The Labute approximate surface area is 121 Å². The predicted molar refractivity (Wildman–Crippen MR) is 75.6 cm³/mol. The fourth-order valence-electron chi connectivity index (χ4n) is 1.11. The number of rotatable bonds is 8. The molecule has 5 N–H and O–H groups in total. The number of carbonyl (C=O) groups excluding carboxylic acids is 2. The Balaban J connectivity index is 4.10. The molecule has 9 heteroatoms. The Morgan fingerprint density at radius 1 is 1.40 bits per heavy atom. The van der Waals surface area contributed by atoms with E-state index in [9.17, 15) is 14.4 Å². The molecule has 1 atom stereocenters. The summed E-state index contributed by atoms with van der Waals surface area (Å²) in [5.74, 6) is -1.72. The highest BCUT2D eigenvalue weighted by Gasteiger charge is 2.33. The number of amides is 3. The molecule has 3 amide bonds. The third kappa shape index (κ3) is 7.31. The van der Waals surface area contributed by atoms with Crippen molar-refractivity contribution in [2.75, 3.05) is 26.0 Å². The van der Waals surface area contributed by atoms with Crippen molar-refractivity contribution in [3.8, 4) is 0 Å². The number of urea groups is 1. The number of thioether (sulfide) groups is 1. The molecule has 0 fully saturated rings. The summed E-state index contributed by atoms with van der Waals surface area (Å²) in [7, 11) is 1.50. The van der Waals surface area contributed by atoms with Gasteiger partial charge in [-0.3, -0.25) is 14.9 Å². The minimum absolute atomic E-state index is 0.0638. The zero-order valence-electron chi connectivity index (χ0n) is 11.8. The summed E-state index contributed by atoms with van der Waals surface area (Å²) in [5, 5.41) is 13.4. The van der Waals surface area contributed by atoms with E-state index in [4.69, 9.17) is 15.6 Å². The highest BCUT2D eigenvalue weighted by molar-refractivity contribution is 8.01. The number of carboxylic acid groups (broad SMARTS) is 1. The van der Waals surface area contributed by atoms with Crippen LogP contribution in [0.3, 0.4) is 0 Å². The molecule has 20 heavy (non-hydrogen) atoms. The van der Waals surface area contributed by atoms with Gasteiger partial charge in [0.2, 0.25) is 5.91 Å². The van der Waals surface area contributed by atoms with Gasteiger partial charge in [-0.25, -0.2) is 4.79 Å². The highest BCUT2D eigenvalue weighted by atomic mass is 32.2. The Hall–Kier alpha value is -1.32. The number of hydrogen-bond acceptors (Lipinski definition) is 6. The molecular weight excluding hydrogens is 286 g/mol. The number of carbonyl (C=O) groups is 3. The van der Waals surface area contributed by atoms with Gasteiger partial charge < -0.3 is 20.9 Å². The van der Waals surface area contributed by atoms with E-state index in [1.807, 2.05) is 0 Å². The van der Waals surface area contributed by atoms with E-state index in [0.29, 0.717) is 6.61 Å². The van der Waals surface area contributed by atoms with E-state index in [-0.39, 0.29) is 12.3 Å². The minimum atomic E-state index is -1.14. The van der Waals surface area contributed by atoms with Crippen molar-refractivity contribution in [3.05, 3.63) is 0 Å². The summed E-state index contributed by atoms with van der Waals surface area (Å²) in [6.45, 7) is 3.89. The van der Waals surface area contributed by atoms with Gasteiger partial charge in [-0.05, 0) is 13.8 Å². The number of methoxy groups -OCH3 is 1. The van der Waals surface area contributed by atoms with Crippen LogP contribution in [0.15, 0.2) is 0 Å². The van der Waals surface area contributed by atoms with Crippen molar-refractivity contribution in [2.45, 2.75) is 24.6 Å². The second-order valence-corrected chi connectivity index (χ2v) is 6.13. The van der Waals surface area contributed by atoms with E-state index in [1.54, 1.807) is 13.8 Å². The maximum atomic E-state index is 11.5. The Bertz CT molecular complexity index is 362. The zero-order valence-corrected chi connectivity index (χ0v) is 12.6. The first-order valence-electron chi connectivity index (χ1n) is 5.89. The lowest BCUT2D eigenvalue weighted by Crippen LogP contribution is -2.48. The van der Waals surface area contributed by atoms with Crippen LogP contribution >= 0.6 is 11.8 Å². The molecule has 0 aliphatic carbocycles. The molecule has 0 aromatic rings. The van der Waals surface area contributed by atoms with Gasteiger partial charge in [0, 0.05) is 18.4 Å². The Morgan fingerprint density at radius 2 is 2.00 bits per heavy atom. The van der Waals surface area contributed by atoms with Gasteiger partial charge in [-0.15, -0.1) is 11.8 Å². The molecule has 0 bridgehead atoms. The summed E-state index contributed by atoms with van der Waals surface area (Å²) in [6.07, 6.45) is 0. The number of ether oxygens (including phenoxy) is 1. The van der Waals surface area contributed by atoms with Crippen LogP contribution in [0.1, 0.15) is 13.8 Å². The second-order valence-electron chi connectivity index (χ2n) is 4.50. The SMILES string of the molecule is COCCNC(=O)NC(=O)CSC(C)(C)[C@@H](N)C(=O)O. The first-order valence-corrected chi connectivity index (χ1v) is 6.88. The summed E-state index contributed by atoms with van der Waals surface area (Å²) < 4.78 is 3.91. The van der Waals surface area contributed by atoms with Crippen molar-refractivity contribution < 1.29 is 24.2 Å². The average Bonchev–Trinajstić information content (AvgIpc) is 2.35. The summed E-state index contributed by atoms with van der Waals surface area (Å²) >= 11 is 1.07. The van der Waals surface area contributed by atoms with Gasteiger partial charge in [0.25, 0.3) is 0 Å². The highest BCUT2D eigenvalue weighted by Crippen LogP contribution is 2.27. The smallest absolute Gasteiger partial charge is 0.321 e. The zero-order chi connectivity index (χ0) is 15.8. The Kier molecular flexibility index (Phi) is 8.19. The van der Waals surface area contributed by atoms with E-state index in [0.717, 1.165) is 11.8 Å². The van der Waals surface area contributed by atoms with Gasteiger partial charge in [0.05, 0.1) is 12.4 Å². The predicted octanol–water partition coefficient (Wildman–Crippen LogP) is -0.618. The summed E-state index contributed by atoms with van der Waals surface area (Å²) in [6, 6.07) is -1.72. The number of imide groups is 1. The number of nitrogens with one attached hydrogen (secondary N) is 2. The normalized spacial score (nSPS) is 12.6. The van der Waals surface area contributed by atoms with Crippen molar-refractivity contribution in [1.82, 2.24) is 10.6 Å². The largest absolute Gasteiger partial charge is 0.480 e. The first kappa shape index (κ1) is 18.7. The van der Waals surface area contributed by atoms with Crippen LogP contribution in [0.4, 0.5) is 4.79 Å². The third-order valence-corrected chi connectivity index (χ3v) is 3.84. The van der Waals surface area contributed by atoms with Gasteiger partial charge in [0.1, 0.15) is 6.04 Å². The van der Waals surface area contributed by atoms with Crippen LogP contribution in [0.25, 0.3) is 0 Å². The van der Waals surface area contributed by atoms with Crippen LogP contribution in [-0.4, -0.2) is 59.8 Å². The molecule has 0 rings (SSSR count). The fraction of sp³-hybridized carbons (Fsp3) is 0.727. The van der Waals surface area contributed by atoms with Gasteiger partial charge >= 0.3 is 12.0 Å². The average molecular weight is 307 g/mol. The second kappa shape index (κ2) is 8.77. The number of nitrogens with two attached hydrogens (primary N) is 1. The number of hydrogen-bond donors (Lipinski definition) is 4. The van der Waals surface area contributed by atoms with E-state index in [1.165, 1.54) is 7.11 Å². The van der Waals surface area contributed by atoms with E-state index >= 15 is 0 Å². The maximum Gasteiger partial charge on any atom is 0.321 e. The quantitative estimate of drug-likeness (QED) is 0.440. The molecule has 0 unspecified atom stereocenters. The van der Waals surface area contributed by atoms with E-state index < -0.39 is 28.7 Å². The van der Waals surface area contributed by atoms with Crippen LogP contribution in [0.5, 0.6) is 0 Å². The molecule has 0 heterocycles. The monoisotopic (exact) mass is 307 g/mol.